The number of rotatable bonds is 2. The van der Waals surface area contributed by atoms with Crippen LogP contribution in [0.1, 0.15) is 31.9 Å². The van der Waals surface area contributed by atoms with E-state index in [1.165, 1.54) is 0 Å². The molecule has 0 bridgehead atoms. The summed E-state index contributed by atoms with van der Waals surface area (Å²) < 4.78 is 5.40. The van der Waals surface area contributed by atoms with E-state index >= 15 is 0 Å². The van der Waals surface area contributed by atoms with Crippen LogP contribution in [0.4, 0.5) is 5.69 Å². The van der Waals surface area contributed by atoms with E-state index in [1.807, 2.05) is 19.1 Å². The van der Waals surface area contributed by atoms with Crippen molar-refractivity contribution in [2.75, 3.05) is 7.11 Å². The second-order valence-corrected chi connectivity index (χ2v) is 4.97. The van der Waals surface area contributed by atoms with Crippen molar-refractivity contribution in [1.29, 1.82) is 0 Å². The smallest absolute Gasteiger partial charge is 0.123 e. The standard InChI is InChI=1S/C13H17NOS/c1-9-6-12(15-5)10(13(2,3)4)7-11(9)14-8-16/h6-7H,1-5H3. The van der Waals surface area contributed by atoms with E-state index in [0.29, 0.717) is 0 Å². The Hall–Kier alpha value is -1.18. The number of nitrogens with zero attached hydrogens (tertiary/aromatic N) is 1. The Labute approximate surface area is 102 Å². The summed E-state index contributed by atoms with van der Waals surface area (Å²) in [5, 5.41) is 2.41. The van der Waals surface area contributed by atoms with Gasteiger partial charge in [-0.25, -0.2) is 0 Å². The molecule has 0 unspecified atom stereocenters. The van der Waals surface area contributed by atoms with Crippen molar-refractivity contribution in [3.05, 3.63) is 23.3 Å². The molecule has 0 atom stereocenters. The third kappa shape index (κ3) is 2.69. The maximum Gasteiger partial charge on any atom is 0.123 e. The maximum atomic E-state index is 5.40. The van der Waals surface area contributed by atoms with Gasteiger partial charge in [-0.3, -0.25) is 0 Å². The molecule has 1 aromatic carbocycles. The molecule has 0 heterocycles. The van der Waals surface area contributed by atoms with Crippen molar-refractivity contribution in [3.63, 3.8) is 0 Å². The Morgan fingerprint density at radius 3 is 2.38 bits per heavy atom. The van der Waals surface area contributed by atoms with Gasteiger partial charge in [-0.1, -0.05) is 20.8 Å². The Bertz CT molecular complexity index is 440. The van der Waals surface area contributed by atoms with E-state index in [4.69, 9.17) is 4.74 Å². The molecule has 0 aliphatic carbocycles. The lowest BCUT2D eigenvalue weighted by molar-refractivity contribution is 0.397. The largest absolute Gasteiger partial charge is 0.496 e. The van der Waals surface area contributed by atoms with Crippen LogP contribution in [0, 0.1) is 6.92 Å². The Balaban J connectivity index is 3.46. The van der Waals surface area contributed by atoms with Crippen LogP contribution in [0.5, 0.6) is 5.75 Å². The monoisotopic (exact) mass is 235 g/mol. The SMILES string of the molecule is COc1cc(C)c(N=C=S)cc1C(C)(C)C. The van der Waals surface area contributed by atoms with Crippen LogP contribution in [-0.4, -0.2) is 12.3 Å². The van der Waals surface area contributed by atoms with Gasteiger partial charge in [0.1, 0.15) is 5.75 Å². The zero-order valence-corrected chi connectivity index (χ0v) is 11.2. The molecule has 0 saturated heterocycles. The first-order valence-corrected chi connectivity index (χ1v) is 5.58. The number of benzene rings is 1. The Morgan fingerprint density at radius 2 is 1.94 bits per heavy atom. The van der Waals surface area contributed by atoms with Crippen LogP contribution < -0.4 is 4.74 Å². The highest BCUT2D eigenvalue weighted by Crippen LogP contribution is 2.36. The predicted molar refractivity (Wildman–Crippen MR) is 71.1 cm³/mol. The quantitative estimate of drug-likeness (QED) is 0.570. The van der Waals surface area contributed by atoms with Gasteiger partial charge in [0.25, 0.3) is 0 Å². The molecular weight excluding hydrogens is 218 g/mol. The number of isothiocyanates is 1. The van der Waals surface area contributed by atoms with Crippen molar-refractivity contribution in [1.82, 2.24) is 0 Å². The van der Waals surface area contributed by atoms with Gasteiger partial charge >= 0.3 is 0 Å². The van der Waals surface area contributed by atoms with Crippen molar-refractivity contribution in [3.8, 4) is 5.75 Å². The summed E-state index contributed by atoms with van der Waals surface area (Å²) in [6, 6.07) is 4.01. The van der Waals surface area contributed by atoms with E-state index in [9.17, 15) is 0 Å². The number of methoxy groups -OCH3 is 1. The zero-order valence-electron chi connectivity index (χ0n) is 10.4. The number of aryl methyl sites for hydroxylation is 1. The molecule has 16 heavy (non-hydrogen) atoms. The van der Waals surface area contributed by atoms with Gasteiger partial charge in [0, 0.05) is 5.56 Å². The lowest BCUT2D eigenvalue weighted by atomic mass is 9.85. The molecular formula is C13H17NOS. The summed E-state index contributed by atoms with van der Waals surface area (Å²) in [6.07, 6.45) is 0. The second kappa shape index (κ2) is 4.77. The lowest BCUT2D eigenvalue weighted by Crippen LogP contribution is -2.12. The summed E-state index contributed by atoms with van der Waals surface area (Å²) >= 11 is 4.64. The molecule has 0 aromatic heterocycles. The third-order valence-electron chi connectivity index (χ3n) is 2.49. The molecule has 2 nitrogen and oxygen atoms in total. The first-order chi connectivity index (χ1) is 7.40. The molecule has 0 amide bonds. The van der Waals surface area contributed by atoms with Gasteiger partial charge in [0.2, 0.25) is 0 Å². The first-order valence-electron chi connectivity index (χ1n) is 5.17. The topological polar surface area (TPSA) is 21.6 Å². The minimum atomic E-state index is 0.0186. The maximum absolute atomic E-state index is 5.40. The van der Waals surface area contributed by atoms with E-state index in [0.717, 1.165) is 22.6 Å². The molecule has 86 valence electrons. The highest BCUT2D eigenvalue weighted by Gasteiger charge is 2.20. The Kier molecular flexibility index (Phi) is 3.84. The van der Waals surface area contributed by atoms with Gasteiger partial charge < -0.3 is 4.74 Å². The summed E-state index contributed by atoms with van der Waals surface area (Å²) in [5.74, 6) is 0.897. The van der Waals surface area contributed by atoms with Gasteiger partial charge in [-0.2, -0.15) is 4.99 Å². The molecule has 3 heteroatoms. The average molecular weight is 235 g/mol. The van der Waals surface area contributed by atoms with E-state index < -0.39 is 0 Å². The molecule has 1 aromatic rings. The molecule has 0 saturated carbocycles. The van der Waals surface area contributed by atoms with E-state index in [2.05, 4.69) is 43.1 Å². The fourth-order valence-electron chi connectivity index (χ4n) is 1.59. The minimum absolute atomic E-state index is 0.0186. The summed E-state index contributed by atoms with van der Waals surface area (Å²) in [7, 11) is 1.69. The fourth-order valence-corrected chi connectivity index (χ4v) is 1.69. The Morgan fingerprint density at radius 1 is 1.31 bits per heavy atom. The molecule has 0 radical (unpaired) electrons. The van der Waals surface area contributed by atoms with E-state index in [1.54, 1.807) is 7.11 Å². The van der Waals surface area contributed by atoms with Crippen molar-refractivity contribution < 1.29 is 4.74 Å². The highest BCUT2D eigenvalue weighted by molar-refractivity contribution is 7.78. The molecule has 0 fully saturated rings. The minimum Gasteiger partial charge on any atom is -0.496 e. The first kappa shape index (κ1) is 12.9. The van der Waals surface area contributed by atoms with Crippen LogP contribution >= 0.6 is 12.2 Å². The number of thiocarbonyl (C=S) groups is 1. The molecule has 1 rings (SSSR count). The van der Waals surface area contributed by atoms with Crippen LogP contribution in [-0.2, 0) is 5.41 Å². The van der Waals surface area contributed by atoms with Crippen molar-refractivity contribution in [2.45, 2.75) is 33.1 Å². The second-order valence-electron chi connectivity index (χ2n) is 4.79. The van der Waals surface area contributed by atoms with Crippen molar-refractivity contribution in [2.24, 2.45) is 4.99 Å². The fraction of sp³-hybridized carbons (Fsp3) is 0.462. The number of hydrogen-bond donors (Lipinski definition) is 0. The van der Waals surface area contributed by atoms with Crippen LogP contribution in [0.2, 0.25) is 0 Å². The van der Waals surface area contributed by atoms with Crippen molar-refractivity contribution >= 4 is 23.1 Å². The van der Waals surface area contributed by atoms with Crippen LogP contribution in [0.3, 0.4) is 0 Å². The molecule has 0 spiro atoms. The summed E-state index contributed by atoms with van der Waals surface area (Å²) in [6.45, 7) is 8.42. The van der Waals surface area contributed by atoms with Crippen LogP contribution in [0.15, 0.2) is 17.1 Å². The van der Waals surface area contributed by atoms with Gasteiger partial charge in [0.15, 0.2) is 0 Å². The highest BCUT2D eigenvalue weighted by atomic mass is 32.1. The van der Waals surface area contributed by atoms with E-state index in [-0.39, 0.29) is 5.41 Å². The summed E-state index contributed by atoms with van der Waals surface area (Å²) in [5.41, 5.74) is 3.05. The number of ether oxygens (including phenoxy) is 1. The number of hydrogen-bond acceptors (Lipinski definition) is 3. The zero-order chi connectivity index (χ0) is 12.3. The third-order valence-corrected chi connectivity index (χ3v) is 2.58. The molecule has 0 N–H and O–H groups in total. The van der Waals surface area contributed by atoms with Crippen LogP contribution in [0.25, 0.3) is 0 Å². The lowest BCUT2D eigenvalue weighted by Gasteiger charge is -2.23. The normalized spacial score (nSPS) is 10.8. The number of aliphatic imine (C=N–C) groups is 1. The molecule has 0 aliphatic rings. The average Bonchev–Trinajstić information content (AvgIpc) is 2.19. The summed E-state index contributed by atoms with van der Waals surface area (Å²) in [4.78, 5) is 4.07. The van der Waals surface area contributed by atoms with Gasteiger partial charge in [0.05, 0.1) is 18.0 Å². The molecule has 0 aliphatic heterocycles. The van der Waals surface area contributed by atoms with Gasteiger partial charge in [-0.05, 0) is 42.3 Å². The van der Waals surface area contributed by atoms with Gasteiger partial charge in [-0.15, -0.1) is 0 Å². The predicted octanol–water partition coefficient (Wildman–Crippen LogP) is 4.04.